The minimum Gasteiger partial charge on any atom is -0.465 e. The average molecular weight is 394 g/mol. The largest absolute Gasteiger partial charge is 0.465 e. The summed E-state index contributed by atoms with van der Waals surface area (Å²) in [6.07, 6.45) is 3.97. The topological polar surface area (TPSA) is 69.4 Å². The van der Waals surface area contributed by atoms with Crippen LogP contribution in [0.4, 0.5) is 0 Å². The Hall–Kier alpha value is -2.93. The Labute approximate surface area is 169 Å². The van der Waals surface area contributed by atoms with Gasteiger partial charge in [-0.25, -0.2) is 9.59 Å². The van der Waals surface area contributed by atoms with E-state index in [1.807, 2.05) is 28.8 Å². The Balaban J connectivity index is 1.81. The summed E-state index contributed by atoms with van der Waals surface area (Å²) in [5, 5.41) is 0. The van der Waals surface area contributed by atoms with Gasteiger partial charge in [-0.2, -0.15) is 0 Å². The molecule has 152 valence electrons. The molecule has 29 heavy (non-hydrogen) atoms. The molecule has 1 aliphatic heterocycles. The van der Waals surface area contributed by atoms with Crippen molar-refractivity contribution in [2.45, 2.75) is 38.9 Å². The van der Waals surface area contributed by atoms with Gasteiger partial charge >= 0.3 is 11.7 Å². The molecule has 1 saturated heterocycles. The molecule has 1 aromatic carbocycles. The SMILES string of the molecule is CCN1CCC[C@H]1Cn1c(=O)n(Cc2ccccn2)c2cc(C(=O)OC)ccc21. The van der Waals surface area contributed by atoms with Crippen LogP contribution in [0.3, 0.4) is 0 Å². The van der Waals surface area contributed by atoms with Crippen LogP contribution >= 0.6 is 0 Å². The molecular formula is C22H26N4O3. The molecule has 7 nitrogen and oxygen atoms in total. The molecule has 3 heterocycles. The van der Waals surface area contributed by atoms with Crippen molar-refractivity contribution in [3.05, 3.63) is 64.3 Å². The van der Waals surface area contributed by atoms with E-state index >= 15 is 0 Å². The van der Waals surface area contributed by atoms with Crippen molar-refractivity contribution in [2.75, 3.05) is 20.2 Å². The van der Waals surface area contributed by atoms with Crippen molar-refractivity contribution in [3.8, 4) is 0 Å². The van der Waals surface area contributed by atoms with Gasteiger partial charge in [0.25, 0.3) is 0 Å². The van der Waals surface area contributed by atoms with Gasteiger partial charge in [0, 0.05) is 18.8 Å². The van der Waals surface area contributed by atoms with Crippen LogP contribution in [0.1, 0.15) is 35.8 Å². The maximum atomic E-state index is 13.4. The van der Waals surface area contributed by atoms with Crippen LogP contribution in [0.5, 0.6) is 0 Å². The lowest BCUT2D eigenvalue weighted by Gasteiger charge is -2.22. The summed E-state index contributed by atoms with van der Waals surface area (Å²) in [6.45, 7) is 5.23. The number of likely N-dealkylation sites (N-methyl/N-ethyl adjacent to an activating group) is 1. The van der Waals surface area contributed by atoms with Crippen LogP contribution in [-0.2, 0) is 17.8 Å². The predicted molar refractivity (Wildman–Crippen MR) is 111 cm³/mol. The fourth-order valence-corrected chi connectivity index (χ4v) is 4.28. The maximum absolute atomic E-state index is 13.4. The van der Waals surface area contributed by atoms with Gasteiger partial charge in [0.15, 0.2) is 0 Å². The van der Waals surface area contributed by atoms with Crippen LogP contribution in [0.2, 0.25) is 0 Å². The van der Waals surface area contributed by atoms with Gasteiger partial charge in [-0.15, -0.1) is 0 Å². The minimum absolute atomic E-state index is 0.0735. The number of rotatable bonds is 6. The fourth-order valence-electron chi connectivity index (χ4n) is 4.28. The zero-order valence-corrected chi connectivity index (χ0v) is 16.9. The lowest BCUT2D eigenvalue weighted by atomic mass is 10.2. The minimum atomic E-state index is -0.413. The van der Waals surface area contributed by atoms with E-state index in [2.05, 4.69) is 16.8 Å². The third-order valence-corrected chi connectivity index (χ3v) is 5.78. The van der Waals surface area contributed by atoms with Gasteiger partial charge < -0.3 is 4.74 Å². The van der Waals surface area contributed by atoms with Crippen LogP contribution in [0.15, 0.2) is 47.4 Å². The Bertz CT molecular complexity index is 1070. The van der Waals surface area contributed by atoms with E-state index in [1.54, 1.807) is 22.9 Å². The van der Waals surface area contributed by atoms with Crippen molar-refractivity contribution < 1.29 is 9.53 Å². The van der Waals surface area contributed by atoms with Gasteiger partial charge in [0.2, 0.25) is 0 Å². The highest BCUT2D eigenvalue weighted by molar-refractivity contribution is 5.93. The molecule has 4 rings (SSSR count). The number of benzene rings is 1. The number of carbonyl (C=O) groups is 1. The second-order valence-electron chi connectivity index (χ2n) is 7.42. The van der Waals surface area contributed by atoms with E-state index < -0.39 is 5.97 Å². The number of pyridine rings is 1. The number of ether oxygens (including phenoxy) is 1. The maximum Gasteiger partial charge on any atom is 0.337 e. The molecule has 7 heteroatoms. The first-order chi connectivity index (χ1) is 14.1. The van der Waals surface area contributed by atoms with E-state index in [0.29, 0.717) is 24.7 Å². The molecule has 0 radical (unpaired) electrons. The Morgan fingerprint density at radius 3 is 2.79 bits per heavy atom. The summed E-state index contributed by atoms with van der Waals surface area (Å²) in [6, 6.07) is 11.3. The molecule has 0 amide bonds. The molecule has 0 N–H and O–H groups in total. The van der Waals surface area contributed by atoms with Crippen LogP contribution in [0.25, 0.3) is 11.0 Å². The lowest BCUT2D eigenvalue weighted by molar-refractivity contribution is 0.0601. The first-order valence-electron chi connectivity index (χ1n) is 10.1. The Morgan fingerprint density at radius 2 is 2.07 bits per heavy atom. The van der Waals surface area contributed by atoms with Gasteiger partial charge in [0.05, 0.1) is 35.9 Å². The first-order valence-corrected chi connectivity index (χ1v) is 10.1. The lowest BCUT2D eigenvalue weighted by Crippen LogP contribution is -2.36. The van der Waals surface area contributed by atoms with E-state index in [9.17, 15) is 9.59 Å². The van der Waals surface area contributed by atoms with Crippen LogP contribution in [0, 0.1) is 0 Å². The number of imidazole rings is 1. The van der Waals surface area contributed by atoms with Crippen molar-refractivity contribution in [1.29, 1.82) is 0 Å². The molecule has 1 aliphatic rings. The van der Waals surface area contributed by atoms with Gasteiger partial charge in [0.1, 0.15) is 0 Å². The van der Waals surface area contributed by atoms with Crippen LogP contribution < -0.4 is 5.69 Å². The number of fused-ring (bicyclic) bond motifs is 1. The van der Waals surface area contributed by atoms with Crippen molar-refractivity contribution >= 4 is 17.0 Å². The van der Waals surface area contributed by atoms with Crippen molar-refractivity contribution in [2.24, 2.45) is 0 Å². The second-order valence-corrected chi connectivity index (χ2v) is 7.42. The molecule has 3 aromatic rings. The summed E-state index contributed by atoms with van der Waals surface area (Å²) >= 11 is 0. The first kappa shape index (κ1) is 19.4. The molecule has 0 aliphatic carbocycles. The molecular weight excluding hydrogens is 368 g/mol. The monoisotopic (exact) mass is 394 g/mol. The molecule has 0 spiro atoms. The molecule has 0 saturated carbocycles. The highest BCUT2D eigenvalue weighted by atomic mass is 16.5. The molecule has 1 atom stereocenters. The van der Waals surface area contributed by atoms with E-state index in [-0.39, 0.29) is 5.69 Å². The van der Waals surface area contributed by atoms with Gasteiger partial charge in [-0.3, -0.25) is 19.0 Å². The molecule has 0 unspecified atom stereocenters. The standard InChI is InChI=1S/C22H26N4O3/c1-3-24-12-6-8-18(24)15-26-19-10-9-16(21(27)29-2)13-20(19)25(22(26)28)14-17-7-4-5-11-23-17/h4-5,7,9-11,13,18H,3,6,8,12,14-15H2,1-2H3/t18-/m0/s1. The number of carbonyl (C=O) groups excluding carboxylic acids is 1. The highest BCUT2D eigenvalue weighted by Gasteiger charge is 2.26. The van der Waals surface area contributed by atoms with Crippen molar-refractivity contribution in [1.82, 2.24) is 19.0 Å². The van der Waals surface area contributed by atoms with Gasteiger partial charge in [-0.1, -0.05) is 13.0 Å². The third-order valence-electron chi connectivity index (χ3n) is 5.78. The second kappa shape index (κ2) is 8.21. The molecule has 1 fully saturated rings. The van der Waals surface area contributed by atoms with Crippen molar-refractivity contribution in [3.63, 3.8) is 0 Å². The number of hydrogen-bond donors (Lipinski definition) is 0. The third kappa shape index (κ3) is 3.70. The van der Waals surface area contributed by atoms with Crippen LogP contribution in [-0.4, -0.2) is 51.2 Å². The van der Waals surface area contributed by atoms with Gasteiger partial charge in [-0.05, 0) is 56.3 Å². The predicted octanol–water partition coefficient (Wildman–Crippen LogP) is 2.52. The number of esters is 1. The summed E-state index contributed by atoms with van der Waals surface area (Å²) in [7, 11) is 1.36. The number of likely N-dealkylation sites (tertiary alicyclic amines) is 1. The quantitative estimate of drug-likeness (QED) is 0.601. The number of nitrogens with zero attached hydrogens (tertiary/aromatic N) is 4. The average Bonchev–Trinajstić information content (AvgIpc) is 3.31. The zero-order chi connectivity index (χ0) is 20.4. The van der Waals surface area contributed by atoms with E-state index in [1.165, 1.54) is 7.11 Å². The summed E-state index contributed by atoms with van der Waals surface area (Å²) in [5.74, 6) is -0.413. The normalized spacial score (nSPS) is 17.1. The summed E-state index contributed by atoms with van der Waals surface area (Å²) < 4.78 is 8.41. The number of hydrogen-bond acceptors (Lipinski definition) is 5. The molecule has 2 aromatic heterocycles. The zero-order valence-electron chi connectivity index (χ0n) is 16.9. The number of methoxy groups -OCH3 is 1. The fraction of sp³-hybridized carbons (Fsp3) is 0.409. The van der Waals surface area contributed by atoms with E-state index in [0.717, 1.165) is 42.7 Å². The summed E-state index contributed by atoms with van der Waals surface area (Å²) in [5.41, 5.74) is 2.72. The Morgan fingerprint density at radius 1 is 1.21 bits per heavy atom. The smallest absolute Gasteiger partial charge is 0.337 e. The number of aromatic nitrogens is 3. The summed E-state index contributed by atoms with van der Waals surface area (Å²) in [4.78, 5) is 32.2. The van der Waals surface area contributed by atoms with E-state index in [4.69, 9.17) is 4.74 Å². The Kier molecular flexibility index (Phi) is 5.49. The molecule has 0 bridgehead atoms. The highest BCUT2D eigenvalue weighted by Crippen LogP contribution is 2.22.